The third kappa shape index (κ3) is 3.93. The Labute approximate surface area is 166 Å². The average Bonchev–Trinajstić information content (AvgIpc) is 3.22. The number of aromatic amines is 1. The van der Waals surface area contributed by atoms with Crippen molar-refractivity contribution < 1.29 is 19.1 Å². The fraction of sp³-hybridized carbons (Fsp3) is 0.0455. The number of benzene rings is 2. The molecule has 0 fully saturated rings. The van der Waals surface area contributed by atoms with Crippen molar-refractivity contribution >= 4 is 28.5 Å². The lowest BCUT2D eigenvalue weighted by molar-refractivity contribution is 0.0600. The largest absolute Gasteiger partial charge is 0.465 e. The molecule has 0 aliphatic carbocycles. The first kappa shape index (κ1) is 18.2. The van der Waals surface area contributed by atoms with Gasteiger partial charge < -0.3 is 19.8 Å². The Morgan fingerprint density at radius 1 is 1.00 bits per heavy atom. The molecule has 2 aromatic heterocycles. The van der Waals surface area contributed by atoms with Crippen LogP contribution in [0.3, 0.4) is 0 Å². The number of carbonyl (C=O) groups excluding carboxylic acids is 2. The Bertz CT molecular complexity index is 1180. The fourth-order valence-corrected chi connectivity index (χ4v) is 2.87. The van der Waals surface area contributed by atoms with Gasteiger partial charge in [0.25, 0.3) is 5.91 Å². The molecule has 0 aliphatic rings. The molecule has 0 unspecified atom stereocenters. The number of ether oxygens (including phenoxy) is 2. The van der Waals surface area contributed by atoms with E-state index in [1.54, 1.807) is 48.8 Å². The van der Waals surface area contributed by atoms with E-state index in [4.69, 9.17) is 4.74 Å². The summed E-state index contributed by atoms with van der Waals surface area (Å²) < 4.78 is 10.4. The number of methoxy groups -OCH3 is 1. The highest BCUT2D eigenvalue weighted by molar-refractivity contribution is 6.07. The van der Waals surface area contributed by atoms with Crippen LogP contribution in [0.25, 0.3) is 10.9 Å². The number of amides is 1. The smallest absolute Gasteiger partial charge is 0.337 e. The van der Waals surface area contributed by atoms with Crippen LogP contribution >= 0.6 is 0 Å². The first-order valence-corrected chi connectivity index (χ1v) is 8.84. The summed E-state index contributed by atoms with van der Waals surface area (Å²) in [5.74, 6) is 0.276. The molecular weight excluding hydrogens is 370 g/mol. The molecule has 0 bridgehead atoms. The average molecular weight is 387 g/mol. The van der Waals surface area contributed by atoms with Gasteiger partial charge in [-0.15, -0.1) is 0 Å². The summed E-state index contributed by atoms with van der Waals surface area (Å²) >= 11 is 0. The minimum absolute atomic E-state index is 0.306. The molecule has 0 radical (unpaired) electrons. The minimum atomic E-state index is -0.417. The van der Waals surface area contributed by atoms with Gasteiger partial charge in [-0.2, -0.15) is 0 Å². The number of esters is 1. The van der Waals surface area contributed by atoms with Gasteiger partial charge in [0.05, 0.1) is 23.9 Å². The molecule has 0 saturated carbocycles. The van der Waals surface area contributed by atoms with Crippen LogP contribution in [0.2, 0.25) is 0 Å². The molecule has 0 spiro atoms. The molecule has 1 amide bonds. The van der Waals surface area contributed by atoms with Crippen molar-refractivity contribution in [2.75, 3.05) is 12.4 Å². The number of nitrogens with one attached hydrogen (secondary N) is 2. The fourth-order valence-electron chi connectivity index (χ4n) is 2.87. The third-order valence-corrected chi connectivity index (χ3v) is 4.29. The van der Waals surface area contributed by atoms with Gasteiger partial charge in [0.2, 0.25) is 0 Å². The lowest BCUT2D eigenvalue weighted by Gasteiger charge is -2.07. The Hall–Kier alpha value is -4.13. The number of H-pyrrole nitrogens is 1. The highest BCUT2D eigenvalue weighted by Crippen LogP contribution is 2.24. The maximum Gasteiger partial charge on any atom is 0.337 e. The molecule has 0 saturated heterocycles. The van der Waals surface area contributed by atoms with Gasteiger partial charge in [0.15, 0.2) is 0 Å². The van der Waals surface area contributed by atoms with Crippen molar-refractivity contribution in [1.29, 1.82) is 0 Å². The van der Waals surface area contributed by atoms with E-state index in [9.17, 15) is 9.59 Å². The predicted molar refractivity (Wildman–Crippen MR) is 108 cm³/mol. The van der Waals surface area contributed by atoms with E-state index in [1.807, 2.05) is 24.3 Å². The van der Waals surface area contributed by atoms with Crippen LogP contribution in [-0.2, 0) is 4.74 Å². The van der Waals surface area contributed by atoms with Crippen LogP contribution in [0.4, 0.5) is 5.69 Å². The molecular formula is C22H17N3O4. The number of aromatic nitrogens is 2. The van der Waals surface area contributed by atoms with E-state index in [2.05, 4.69) is 20.0 Å². The molecule has 2 N–H and O–H groups in total. The van der Waals surface area contributed by atoms with Crippen LogP contribution in [-0.4, -0.2) is 29.0 Å². The molecule has 0 aliphatic heterocycles. The number of anilines is 1. The highest BCUT2D eigenvalue weighted by Gasteiger charge is 2.12. The minimum Gasteiger partial charge on any atom is -0.465 e. The van der Waals surface area contributed by atoms with Crippen molar-refractivity contribution in [1.82, 2.24) is 9.97 Å². The van der Waals surface area contributed by atoms with Gasteiger partial charge in [-0.3, -0.25) is 9.78 Å². The molecule has 7 nitrogen and oxygen atoms in total. The van der Waals surface area contributed by atoms with Crippen molar-refractivity contribution in [3.8, 4) is 11.5 Å². The number of carbonyl (C=O) groups is 2. The summed E-state index contributed by atoms with van der Waals surface area (Å²) in [6.45, 7) is 0. The Balaban J connectivity index is 1.47. The lowest BCUT2D eigenvalue weighted by Crippen LogP contribution is -2.12. The predicted octanol–water partition coefficient (Wildman–Crippen LogP) is 4.39. The number of para-hydroxylation sites is 1. The summed E-state index contributed by atoms with van der Waals surface area (Å²) in [6, 6.07) is 17.5. The topological polar surface area (TPSA) is 93.3 Å². The van der Waals surface area contributed by atoms with Crippen molar-refractivity contribution in [2.24, 2.45) is 0 Å². The number of pyridine rings is 1. The van der Waals surface area contributed by atoms with Crippen molar-refractivity contribution in [2.45, 2.75) is 0 Å². The maximum absolute atomic E-state index is 12.6. The normalized spacial score (nSPS) is 10.5. The zero-order chi connectivity index (χ0) is 20.2. The van der Waals surface area contributed by atoms with E-state index in [0.29, 0.717) is 28.4 Å². The van der Waals surface area contributed by atoms with Crippen LogP contribution in [0.5, 0.6) is 11.5 Å². The van der Waals surface area contributed by atoms with Crippen LogP contribution in [0.15, 0.2) is 73.1 Å². The number of fused-ring (bicyclic) bond motifs is 1. The Morgan fingerprint density at radius 3 is 2.59 bits per heavy atom. The molecule has 7 heteroatoms. The molecule has 2 heterocycles. The second kappa shape index (κ2) is 7.85. The van der Waals surface area contributed by atoms with E-state index in [-0.39, 0.29) is 5.91 Å². The SMILES string of the molecule is COC(=O)c1ccc(Oc2c[nH]c(C(=O)Nc3cccc4cccnc34)c2)cc1. The third-order valence-electron chi connectivity index (χ3n) is 4.29. The monoisotopic (exact) mass is 387 g/mol. The van der Waals surface area contributed by atoms with Gasteiger partial charge in [-0.1, -0.05) is 18.2 Å². The second-order valence-corrected chi connectivity index (χ2v) is 6.20. The van der Waals surface area contributed by atoms with Gasteiger partial charge in [0, 0.05) is 23.8 Å². The Kier molecular flexibility index (Phi) is 4.94. The van der Waals surface area contributed by atoms with Crippen LogP contribution in [0, 0.1) is 0 Å². The zero-order valence-electron chi connectivity index (χ0n) is 15.5. The summed E-state index contributed by atoms with van der Waals surface area (Å²) in [5, 5.41) is 3.81. The highest BCUT2D eigenvalue weighted by atomic mass is 16.5. The summed E-state index contributed by atoms with van der Waals surface area (Å²) in [7, 11) is 1.33. The number of hydrogen-bond acceptors (Lipinski definition) is 5. The van der Waals surface area contributed by atoms with E-state index < -0.39 is 5.97 Å². The van der Waals surface area contributed by atoms with Gasteiger partial charge in [-0.05, 0) is 36.4 Å². The molecule has 2 aromatic carbocycles. The van der Waals surface area contributed by atoms with Crippen molar-refractivity contribution in [3.63, 3.8) is 0 Å². The van der Waals surface area contributed by atoms with Gasteiger partial charge >= 0.3 is 5.97 Å². The zero-order valence-corrected chi connectivity index (χ0v) is 15.5. The summed E-state index contributed by atoms with van der Waals surface area (Å²) in [6.07, 6.45) is 3.27. The first-order chi connectivity index (χ1) is 14.1. The summed E-state index contributed by atoms with van der Waals surface area (Å²) in [4.78, 5) is 31.3. The van der Waals surface area contributed by atoms with Crippen molar-refractivity contribution in [3.05, 3.63) is 84.3 Å². The second-order valence-electron chi connectivity index (χ2n) is 6.20. The molecule has 4 rings (SSSR count). The Morgan fingerprint density at radius 2 is 1.79 bits per heavy atom. The van der Waals surface area contributed by atoms with Gasteiger partial charge in [-0.25, -0.2) is 4.79 Å². The van der Waals surface area contributed by atoms with Crippen LogP contribution < -0.4 is 10.1 Å². The summed E-state index contributed by atoms with van der Waals surface area (Å²) in [5.41, 5.74) is 2.12. The number of nitrogens with zero attached hydrogens (tertiary/aromatic N) is 1. The molecule has 0 atom stereocenters. The number of rotatable bonds is 5. The number of hydrogen-bond donors (Lipinski definition) is 2. The van der Waals surface area contributed by atoms with Gasteiger partial charge in [0.1, 0.15) is 17.2 Å². The van der Waals surface area contributed by atoms with E-state index in [1.165, 1.54) is 7.11 Å². The van der Waals surface area contributed by atoms with E-state index in [0.717, 1.165) is 10.9 Å². The molecule has 144 valence electrons. The van der Waals surface area contributed by atoms with Crippen LogP contribution in [0.1, 0.15) is 20.8 Å². The lowest BCUT2D eigenvalue weighted by atomic mass is 10.2. The maximum atomic E-state index is 12.6. The quantitative estimate of drug-likeness (QED) is 0.495. The molecule has 29 heavy (non-hydrogen) atoms. The molecule has 4 aromatic rings. The first-order valence-electron chi connectivity index (χ1n) is 8.84. The standard InChI is InChI=1S/C22H17N3O4/c1-28-22(27)15-7-9-16(10-8-15)29-17-12-19(24-13-17)21(26)25-18-6-2-4-14-5-3-11-23-20(14)18/h2-13,24H,1H3,(H,25,26). The van der Waals surface area contributed by atoms with E-state index >= 15 is 0 Å².